The fraction of sp³-hybridized carbons (Fsp3) is 0.364. The summed E-state index contributed by atoms with van der Waals surface area (Å²) in [5, 5.41) is 0. The second-order valence-electron chi connectivity index (χ2n) is 7.12. The summed E-state index contributed by atoms with van der Waals surface area (Å²) in [6.45, 7) is 3.45. The van der Waals surface area contributed by atoms with E-state index in [2.05, 4.69) is 4.90 Å². The van der Waals surface area contributed by atoms with Crippen molar-refractivity contribution in [3.05, 3.63) is 48.5 Å². The van der Waals surface area contributed by atoms with Crippen LogP contribution < -0.4 is 14.5 Å². The number of anilines is 2. The Hall–Kier alpha value is -2.67. The van der Waals surface area contributed by atoms with Crippen LogP contribution in [0.4, 0.5) is 11.4 Å². The van der Waals surface area contributed by atoms with Gasteiger partial charge < -0.3 is 19.4 Å². The first-order valence-corrected chi connectivity index (χ1v) is 10.8. The minimum absolute atomic E-state index is 0.0748. The van der Waals surface area contributed by atoms with E-state index in [9.17, 15) is 9.59 Å². The second-order valence-corrected chi connectivity index (χ2v) is 8.13. The van der Waals surface area contributed by atoms with Gasteiger partial charge >= 0.3 is 0 Å². The van der Waals surface area contributed by atoms with E-state index in [1.165, 1.54) is 0 Å². The molecule has 0 saturated carbocycles. The highest BCUT2D eigenvalue weighted by atomic mass is 32.2. The Morgan fingerprint density at radius 2 is 1.76 bits per heavy atom. The summed E-state index contributed by atoms with van der Waals surface area (Å²) in [6.07, 6.45) is 0.354. The van der Waals surface area contributed by atoms with Gasteiger partial charge in [-0.25, -0.2) is 0 Å². The molecule has 4 rings (SSSR count). The van der Waals surface area contributed by atoms with Crippen molar-refractivity contribution in [1.82, 2.24) is 4.90 Å². The van der Waals surface area contributed by atoms with Crippen molar-refractivity contribution in [1.29, 1.82) is 0 Å². The van der Waals surface area contributed by atoms with Crippen molar-refractivity contribution < 1.29 is 14.3 Å². The molecule has 1 saturated heterocycles. The lowest BCUT2D eigenvalue weighted by molar-refractivity contribution is -0.131. The Morgan fingerprint density at radius 1 is 1.03 bits per heavy atom. The number of piperazine rings is 1. The van der Waals surface area contributed by atoms with Crippen molar-refractivity contribution >= 4 is 35.0 Å². The number of carbonyl (C=O) groups is 2. The topological polar surface area (TPSA) is 53.1 Å². The molecule has 2 aliphatic heterocycles. The van der Waals surface area contributed by atoms with Gasteiger partial charge in [-0.2, -0.15) is 0 Å². The molecule has 0 spiro atoms. The number of rotatable bonds is 5. The molecule has 0 atom stereocenters. The van der Waals surface area contributed by atoms with Crippen molar-refractivity contribution in [2.45, 2.75) is 11.3 Å². The number of benzene rings is 2. The highest BCUT2D eigenvalue weighted by molar-refractivity contribution is 8.00. The van der Waals surface area contributed by atoms with Gasteiger partial charge in [0.25, 0.3) is 0 Å². The van der Waals surface area contributed by atoms with Crippen LogP contribution in [0, 0.1) is 0 Å². The maximum absolute atomic E-state index is 12.7. The predicted octanol–water partition coefficient (Wildman–Crippen LogP) is 2.87. The zero-order valence-electron chi connectivity index (χ0n) is 16.5. The Bertz CT molecular complexity index is 879. The van der Waals surface area contributed by atoms with Gasteiger partial charge in [-0.15, -0.1) is 11.8 Å². The first-order valence-electron chi connectivity index (χ1n) is 9.84. The molecular formula is C22H25N3O3S. The van der Waals surface area contributed by atoms with Crippen molar-refractivity contribution in [2.24, 2.45) is 0 Å². The lowest BCUT2D eigenvalue weighted by atomic mass is 10.2. The van der Waals surface area contributed by atoms with E-state index in [1.807, 2.05) is 53.4 Å². The number of amides is 2. The lowest BCUT2D eigenvalue weighted by Crippen LogP contribution is -2.49. The van der Waals surface area contributed by atoms with Crippen molar-refractivity contribution in [3.63, 3.8) is 0 Å². The van der Waals surface area contributed by atoms with Gasteiger partial charge in [0.15, 0.2) is 0 Å². The van der Waals surface area contributed by atoms with Gasteiger partial charge in [0, 0.05) is 49.7 Å². The first-order chi connectivity index (χ1) is 14.2. The number of para-hydroxylation sites is 1. The average molecular weight is 412 g/mol. The summed E-state index contributed by atoms with van der Waals surface area (Å²) in [5.41, 5.74) is 2.07. The number of hydrogen-bond donors (Lipinski definition) is 0. The Morgan fingerprint density at radius 3 is 2.48 bits per heavy atom. The molecule has 2 heterocycles. The van der Waals surface area contributed by atoms with Gasteiger partial charge in [0.2, 0.25) is 11.8 Å². The molecule has 0 aromatic heterocycles. The Labute approximate surface area is 175 Å². The molecule has 2 aromatic rings. The van der Waals surface area contributed by atoms with Crippen LogP contribution in [0.5, 0.6) is 5.75 Å². The standard InChI is InChI=1S/C22H25N3O3S/c1-28-18-8-6-17(7-9-18)23-12-14-24(15-13-23)21(26)10-11-25-19-4-2-3-5-20(19)29-16-22(25)27/h2-9H,10-16H2,1H3. The van der Waals surface area contributed by atoms with E-state index in [-0.39, 0.29) is 11.8 Å². The zero-order valence-corrected chi connectivity index (χ0v) is 17.4. The van der Waals surface area contributed by atoms with Gasteiger partial charge in [-0.1, -0.05) is 12.1 Å². The minimum Gasteiger partial charge on any atom is -0.497 e. The molecule has 1 fully saturated rings. The van der Waals surface area contributed by atoms with Crippen LogP contribution in [0.25, 0.3) is 0 Å². The number of hydrogen-bond acceptors (Lipinski definition) is 5. The van der Waals surface area contributed by atoms with E-state index in [4.69, 9.17) is 4.74 Å². The van der Waals surface area contributed by atoms with Crippen LogP contribution in [0.2, 0.25) is 0 Å². The van der Waals surface area contributed by atoms with Crippen molar-refractivity contribution in [3.8, 4) is 5.75 Å². The fourth-order valence-electron chi connectivity index (χ4n) is 3.77. The molecular weight excluding hydrogens is 386 g/mol. The predicted molar refractivity (Wildman–Crippen MR) is 116 cm³/mol. The number of fused-ring (bicyclic) bond motifs is 1. The van der Waals surface area contributed by atoms with E-state index >= 15 is 0 Å². The molecule has 152 valence electrons. The Kier molecular flexibility index (Phi) is 5.94. The van der Waals surface area contributed by atoms with Crippen LogP contribution in [0.15, 0.2) is 53.4 Å². The SMILES string of the molecule is COc1ccc(N2CCN(C(=O)CCN3C(=O)CSc4ccccc43)CC2)cc1. The normalized spacial score (nSPS) is 16.6. The van der Waals surface area contributed by atoms with Gasteiger partial charge in [0.05, 0.1) is 18.6 Å². The first kappa shape index (κ1) is 19.6. The zero-order chi connectivity index (χ0) is 20.2. The molecule has 6 nitrogen and oxygen atoms in total. The number of ether oxygens (including phenoxy) is 1. The van der Waals surface area contributed by atoms with E-state index in [0.29, 0.717) is 31.8 Å². The number of carbonyl (C=O) groups excluding carboxylic acids is 2. The van der Waals surface area contributed by atoms with E-state index in [0.717, 1.165) is 35.1 Å². The summed E-state index contributed by atoms with van der Waals surface area (Å²) in [7, 11) is 1.66. The van der Waals surface area contributed by atoms with Gasteiger partial charge in [-0.3, -0.25) is 9.59 Å². The maximum atomic E-state index is 12.7. The van der Waals surface area contributed by atoms with Gasteiger partial charge in [0.1, 0.15) is 5.75 Å². The molecule has 0 unspecified atom stereocenters. The third-order valence-electron chi connectivity index (χ3n) is 5.43. The van der Waals surface area contributed by atoms with Gasteiger partial charge in [-0.05, 0) is 36.4 Å². The van der Waals surface area contributed by atoms with Crippen LogP contribution in [0.3, 0.4) is 0 Å². The van der Waals surface area contributed by atoms with Crippen LogP contribution in [-0.4, -0.2) is 62.3 Å². The molecule has 0 aliphatic carbocycles. The third-order valence-corrected chi connectivity index (χ3v) is 6.47. The molecule has 2 amide bonds. The van der Waals surface area contributed by atoms with Crippen LogP contribution in [0.1, 0.15) is 6.42 Å². The molecule has 2 aromatic carbocycles. The average Bonchev–Trinajstić information content (AvgIpc) is 2.78. The minimum atomic E-state index is 0.0748. The van der Waals surface area contributed by atoms with E-state index in [1.54, 1.807) is 23.8 Å². The summed E-state index contributed by atoms with van der Waals surface area (Å²) in [4.78, 5) is 32.1. The lowest BCUT2D eigenvalue weighted by Gasteiger charge is -2.36. The molecule has 0 bridgehead atoms. The quantitative estimate of drug-likeness (QED) is 0.757. The highest BCUT2D eigenvalue weighted by Crippen LogP contribution is 2.35. The molecule has 29 heavy (non-hydrogen) atoms. The van der Waals surface area contributed by atoms with Crippen LogP contribution >= 0.6 is 11.8 Å². The molecule has 7 heteroatoms. The van der Waals surface area contributed by atoms with Crippen LogP contribution in [-0.2, 0) is 9.59 Å². The maximum Gasteiger partial charge on any atom is 0.237 e. The summed E-state index contributed by atoms with van der Waals surface area (Å²) >= 11 is 1.56. The fourth-order valence-corrected chi connectivity index (χ4v) is 4.71. The number of nitrogens with zero attached hydrogens (tertiary/aromatic N) is 3. The van der Waals surface area contributed by atoms with E-state index < -0.39 is 0 Å². The third kappa shape index (κ3) is 4.34. The monoisotopic (exact) mass is 411 g/mol. The largest absolute Gasteiger partial charge is 0.497 e. The smallest absolute Gasteiger partial charge is 0.237 e. The van der Waals surface area contributed by atoms with Crippen molar-refractivity contribution in [2.75, 3.05) is 55.4 Å². The molecule has 2 aliphatic rings. The molecule has 0 N–H and O–H groups in total. The Balaban J connectivity index is 1.31. The number of thioether (sulfide) groups is 1. The summed E-state index contributed by atoms with van der Waals surface area (Å²) in [6, 6.07) is 15.9. The summed E-state index contributed by atoms with van der Waals surface area (Å²) in [5.74, 6) is 1.47. The molecule has 0 radical (unpaired) electrons. The highest BCUT2D eigenvalue weighted by Gasteiger charge is 2.26. The second kappa shape index (κ2) is 8.78. The summed E-state index contributed by atoms with van der Waals surface area (Å²) < 4.78 is 5.21. The number of methoxy groups -OCH3 is 1.